The van der Waals surface area contributed by atoms with Gasteiger partial charge in [0.15, 0.2) is 0 Å². The van der Waals surface area contributed by atoms with Gasteiger partial charge < -0.3 is 9.47 Å². The van der Waals surface area contributed by atoms with Crippen molar-refractivity contribution in [2.75, 3.05) is 7.05 Å². The van der Waals surface area contributed by atoms with Crippen molar-refractivity contribution < 1.29 is 4.79 Å². The van der Waals surface area contributed by atoms with Crippen LogP contribution in [0.15, 0.2) is 46.3 Å². The first-order valence-corrected chi connectivity index (χ1v) is 10.4. The lowest BCUT2D eigenvalue weighted by Gasteiger charge is -2.27. The minimum absolute atomic E-state index is 0.0958. The fraction of sp³-hybridized carbons (Fsp3) is 0.350. The lowest BCUT2D eigenvalue weighted by molar-refractivity contribution is 0.0772. The molecule has 0 bridgehead atoms. The molecule has 3 nitrogen and oxygen atoms in total. The molecular weight excluding hydrogens is 396 g/mol. The minimum atomic E-state index is 0.0958. The van der Waals surface area contributed by atoms with Gasteiger partial charge in [-0.15, -0.1) is 11.3 Å². The van der Waals surface area contributed by atoms with Gasteiger partial charge in [0.2, 0.25) is 0 Å². The summed E-state index contributed by atoms with van der Waals surface area (Å²) < 4.78 is 4.52. The molecule has 1 aliphatic rings. The third-order valence-corrected chi connectivity index (χ3v) is 6.90. The standard InChI is InChI=1S/C20H21BrN2OS/c1-22(11-14-6-3-2-4-7-14)20(24)17-10-18-19(16(21)13-25-18)23(17)12-15-8-5-9-15/h2-4,6-7,10,13,15H,5,8-9,11-12H2,1H3. The first-order valence-electron chi connectivity index (χ1n) is 8.69. The molecule has 3 aromatic rings. The Balaban J connectivity index is 1.64. The molecule has 1 fully saturated rings. The number of amides is 1. The summed E-state index contributed by atoms with van der Waals surface area (Å²) in [7, 11) is 1.89. The van der Waals surface area contributed by atoms with Crippen molar-refractivity contribution in [3.8, 4) is 0 Å². The van der Waals surface area contributed by atoms with Gasteiger partial charge in [-0.1, -0.05) is 36.8 Å². The number of carbonyl (C=O) groups excluding carboxylic acids is 1. The molecular formula is C20H21BrN2OS. The molecule has 0 unspecified atom stereocenters. The highest BCUT2D eigenvalue weighted by Crippen LogP contribution is 2.36. The van der Waals surface area contributed by atoms with Gasteiger partial charge in [-0.3, -0.25) is 4.79 Å². The zero-order chi connectivity index (χ0) is 17.4. The molecule has 2 aromatic heterocycles. The van der Waals surface area contributed by atoms with Crippen molar-refractivity contribution in [1.29, 1.82) is 0 Å². The number of hydrogen-bond acceptors (Lipinski definition) is 2. The zero-order valence-electron chi connectivity index (χ0n) is 14.2. The van der Waals surface area contributed by atoms with Gasteiger partial charge in [0.1, 0.15) is 5.69 Å². The Hall–Kier alpha value is -1.59. The summed E-state index contributed by atoms with van der Waals surface area (Å²) in [6.07, 6.45) is 3.86. The van der Waals surface area contributed by atoms with E-state index in [0.29, 0.717) is 12.5 Å². The summed E-state index contributed by atoms with van der Waals surface area (Å²) in [4.78, 5) is 14.9. The van der Waals surface area contributed by atoms with E-state index in [1.165, 1.54) is 29.5 Å². The minimum Gasteiger partial charge on any atom is -0.336 e. The van der Waals surface area contributed by atoms with E-state index in [-0.39, 0.29) is 5.91 Å². The molecule has 0 radical (unpaired) electrons. The van der Waals surface area contributed by atoms with Gasteiger partial charge in [0.05, 0.1) is 14.7 Å². The maximum Gasteiger partial charge on any atom is 0.270 e. The second-order valence-electron chi connectivity index (χ2n) is 6.88. The number of hydrogen-bond donors (Lipinski definition) is 0. The zero-order valence-corrected chi connectivity index (χ0v) is 16.6. The highest BCUT2D eigenvalue weighted by atomic mass is 79.9. The molecule has 4 rings (SSSR count). The van der Waals surface area contributed by atoms with E-state index in [2.05, 4.69) is 44.1 Å². The molecule has 25 heavy (non-hydrogen) atoms. The van der Waals surface area contributed by atoms with E-state index in [0.717, 1.165) is 22.3 Å². The van der Waals surface area contributed by atoms with Crippen LogP contribution in [0, 0.1) is 5.92 Å². The fourth-order valence-electron chi connectivity index (χ4n) is 3.46. The van der Waals surface area contributed by atoms with Crippen molar-refractivity contribution in [3.05, 3.63) is 57.5 Å². The summed E-state index contributed by atoms with van der Waals surface area (Å²) in [5.41, 5.74) is 3.14. The first kappa shape index (κ1) is 16.9. The van der Waals surface area contributed by atoms with Gasteiger partial charge in [0, 0.05) is 25.5 Å². The topological polar surface area (TPSA) is 25.2 Å². The van der Waals surface area contributed by atoms with Crippen molar-refractivity contribution in [1.82, 2.24) is 9.47 Å². The molecule has 1 saturated carbocycles. The summed E-state index contributed by atoms with van der Waals surface area (Å²) in [5.74, 6) is 0.798. The van der Waals surface area contributed by atoms with Crippen LogP contribution < -0.4 is 0 Å². The summed E-state index contributed by atoms with van der Waals surface area (Å²) in [6.45, 7) is 1.57. The Bertz CT molecular complexity index is 895. The number of halogens is 1. The van der Waals surface area contributed by atoms with Gasteiger partial charge in [0.25, 0.3) is 5.91 Å². The Kier molecular flexibility index (Phi) is 4.69. The van der Waals surface area contributed by atoms with Crippen LogP contribution in [0.4, 0.5) is 0 Å². The van der Waals surface area contributed by atoms with Gasteiger partial charge in [-0.2, -0.15) is 0 Å². The molecule has 1 amide bonds. The number of carbonyl (C=O) groups is 1. The second kappa shape index (κ2) is 6.96. The second-order valence-corrected chi connectivity index (χ2v) is 8.65. The summed E-state index contributed by atoms with van der Waals surface area (Å²) in [6, 6.07) is 12.2. The van der Waals surface area contributed by atoms with E-state index in [9.17, 15) is 4.79 Å². The number of fused-ring (bicyclic) bond motifs is 1. The van der Waals surface area contributed by atoms with Crippen molar-refractivity contribution >= 4 is 43.4 Å². The summed E-state index contributed by atoms with van der Waals surface area (Å²) in [5, 5.41) is 2.11. The Morgan fingerprint density at radius 3 is 2.76 bits per heavy atom. The van der Waals surface area contributed by atoms with E-state index in [1.54, 1.807) is 11.3 Å². The maximum absolute atomic E-state index is 13.1. The fourth-order valence-corrected chi connectivity index (χ4v) is 5.15. The Morgan fingerprint density at radius 2 is 2.08 bits per heavy atom. The smallest absolute Gasteiger partial charge is 0.270 e. The summed E-state index contributed by atoms with van der Waals surface area (Å²) >= 11 is 5.36. The van der Waals surface area contributed by atoms with E-state index in [1.807, 2.05) is 30.1 Å². The Morgan fingerprint density at radius 1 is 1.32 bits per heavy atom. The molecule has 2 heterocycles. The number of rotatable bonds is 5. The number of thiophene rings is 1. The third kappa shape index (κ3) is 3.27. The number of aromatic nitrogens is 1. The molecule has 0 saturated heterocycles. The quantitative estimate of drug-likeness (QED) is 0.535. The molecule has 0 spiro atoms. The predicted octanol–water partition coefficient (Wildman–Crippen LogP) is 5.54. The van der Waals surface area contributed by atoms with Gasteiger partial charge in [-0.25, -0.2) is 0 Å². The average Bonchev–Trinajstić information content (AvgIpc) is 3.11. The van der Waals surface area contributed by atoms with E-state index in [4.69, 9.17) is 0 Å². The van der Waals surface area contributed by atoms with Crippen LogP contribution in [0.1, 0.15) is 35.3 Å². The highest BCUT2D eigenvalue weighted by Gasteiger charge is 2.25. The molecule has 1 aromatic carbocycles. The Labute approximate surface area is 160 Å². The van der Waals surface area contributed by atoms with Crippen LogP contribution in [0.3, 0.4) is 0 Å². The van der Waals surface area contributed by atoms with Crippen LogP contribution in [-0.2, 0) is 13.1 Å². The maximum atomic E-state index is 13.1. The molecule has 0 N–H and O–H groups in total. The lowest BCUT2D eigenvalue weighted by atomic mass is 9.85. The molecule has 0 atom stereocenters. The van der Waals surface area contributed by atoms with Crippen LogP contribution in [-0.4, -0.2) is 22.4 Å². The van der Waals surface area contributed by atoms with E-state index >= 15 is 0 Å². The van der Waals surface area contributed by atoms with Gasteiger partial charge in [-0.05, 0) is 46.3 Å². The van der Waals surface area contributed by atoms with Gasteiger partial charge >= 0.3 is 0 Å². The normalized spacial score (nSPS) is 14.6. The monoisotopic (exact) mass is 416 g/mol. The van der Waals surface area contributed by atoms with Crippen LogP contribution >= 0.6 is 27.3 Å². The lowest BCUT2D eigenvalue weighted by Crippen LogP contribution is -2.29. The first-order chi connectivity index (χ1) is 12.1. The van der Waals surface area contributed by atoms with Crippen molar-refractivity contribution in [3.63, 3.8) is 0 Å². The number of benzene rings is 1. The molecule has 5 heteroatoms. The van der Waals surface area contributed by atoms with E-state index < -0.39 is 0 Å². The SMILES string of the molecule is CN(Cc1ccccc1)C(=O)c1cc2scc(Br)c2n1CC1CCC1. The highest BCUT2D eigenvalue weighted by molar-refractivity contribution is 9.10. The van der Waals surface area contributed by atoms with Crippen molar-refractivity contribution in [2.24, 2.45) is 5.92 Å². The number of nitrogens with zero attached hydrogens (tertiary/aromatic N) is 2. The van der Waals surface area contributed by atoms with Crippen LogP contribution in [0.25, 0.3) is 10.2 Å². The predicted molar refractivity (Wildman–Crippen MR) is 107 cm³/mol. The third-order valence-electron chi connectivity index (χ3n) is 5.07. The largest absolute Gasteiger partial charge is 0.336 e. The van der Waals surface area contributed by atoms with Crippen molar-refractivity contribution in [2.45, 2.75) is 32.4 Å². The van der Waals surface area contributed by atoms with Crippen LogP contribution in [0.2, 0.25) is 0 Å². The average molecular weight is 417 g/mol. The van der Waals surface area contributed by atoms with Crippen LogP contribution in [0.5, 0.6) is 0 Å². The molecule has 130 valence electrons. The molecule has 0 aliphatic heterocycles. The molecule has 1 aliphatic carbocycles.